The van der Waals surface area contributed by atoms with Crippen molar-refractivity contribution in [2.75, 3.05) is 0 Å². The molecule has 0 aliphatic rings. The quantitative estimate of drug-likeness (QED) is 0.416. The van der Waals surface area contributed by atoms with Crippen LogP contribution in [0.4, 0.5) is 0 Å². The lowest BCUT2D eigenvalue weighted by molar-refractivity contribution is -0.138. The normalized spacial score (nSPS) is 12.6. The van der Waals surface area contributed by atoms with E-state index in [1.165, 1.54) is 6.26 Å². The SMILES string of the molecule is CCC(Cl)CCCC(=O)OC=Cc1ccccc1. The zero-order valence-corrected chi connectivity index (χ0v) is 11.4. The highest BCUT2D eigenvalue weighted by Crippen LogP contribution is 2.11. The van der Waals surface area contributed by atoms with Crippen LogP contribution in [0.15, 0.2) is 36.6 Å². The standard InChI is InChI=1S/C15H19ClO2/c1-2-14(16)9-6-10-15(17)18-12-11-13-7-4-3-5-8-13/h3-5,7-8,11-12,14H,2,6,9-10H2,1H3. The predicted octanol–water partition coefficient (Wildman–Crippen LogP) is 4.39. The van der Waals surface area contributed by atoms with Gasteiger partial charge in [0.15, 0.2) is 0 Å². The first-order chi connectivity index (χ1) is 8.72. The van der Waals surface area contributed by atoms with Crippen LogP contribution >= 0.6 is 11.6 Å². The Morgan fingerprint density at radius 2 is 2.11 bits per heavy atom. The summed E-state index contributed by atoms with van der Waals surface area (Å²) in [6.07, 6.45) is 6.20. The molecule has 0 saturated heterocycles. The van der Waals surface area contributed by atoms with Crippen molar-refractivity contribution in [2.24, 2.45) is 0 Å². The zero-order chi connectivity index (χ0) is 13.2. The fourth-order valence-corrected chi connectivity index (χ4v) is 1.64. The van der Waals surface area contributed by atoms with Crippen LogP contribution in [-0.2, 0) is 9.53 Å². The lowest BCUT2D eigenvalue weighted by atomic mass is 10.1. The molecule has 0 aromatic heterocycles. The molecule has 0 aliphatic carbocycles. The number of rotatable bonds is 7. The third kappa shape index (κ3) is 6.45. The van der Waals surface area contributed by atoms with E-state index in [1.54, 1.807) is 6.08 Å². The number of hydrogen-bond donors (Lipinski definition) is 0. The number of carbonyl (C=O) groups is 1. The minimum atomic E-state index is -0.206. The molecule has 3 heteroatoms. The maximum Gasteiger partial charge on any atom is 0.310 e. The highest BCUT2D eigenvalue weighted by Gasteiger charge is 2.04. The van der Waals surface area contributed by atoms with E-state index >= 15 is 0 Å². The molecule has 98 valence electrons. The molecule has 1 rings (SSSR count). The maximum atomic E-state index is 11.4. The van der Waals surface area contributed by atoms with Gasteiger partial charge in [-0.15, -0.1) is 11.6 Å². The third-order valence-corrected chi connectivity index (χ3v) is 3.13. The average Bonchev–Trinajstić information content (AvgIpc) is 2.39. The van der Waals surface area contributed by atoms with E-state index in [2.05, 4.69) is 0 Å². The summed E-state index contributed by atoms with van der Waals surface area (Å²) in [4.78, 5) is 11.4. The smallest absolute Gasteiger partial charge is 0.310 e. The van der Waals surface area contributed by atoms with Crippen molar-refractivity contribution in [3.63, 3.8) is 0 Å². The number of halogens is 1. The van der Waals surface area contributed by atoms with Gasteiger partial charge in [0.2, 0.25) is 0 Å². The molecule has 0 fully saturated rings. The number of ether oxygens (including phenoxy) is 1. The van der Waals surface area contributed by atoms with Gasteiger partial charge in [-0.05, 0) is 30.9 Å². The molecule has 0 saturated carbocycles. The van der Waals surface area contributed by atoms with Gasteiger partial charge in [0.25, 0.3) is 0 Å². The van der Waals surface area contributed by atoms with Crippen LogP contribution in [0.1, 0.15) is 38.2 Å². The minimum absolute atomic E-state index is 0.165. The van der Waals surface area contributed by atoms with Crippen molar-refractivity contribution in [1.82, 2.24) is 0 Å². The molecule has 18 heavy (non-hydrogen) atoms. The van der Waals surface area contributed by atoms with Crippen molar-refractivity contribution in [1.29, 1.82) is 0 Å². The molecule has 1 unspecified atom stereocenters. The second-order valence-corrected chi connectivity index (χ2v) is 4.72. The second-order valence-electron chi connectivity index (χ2n) is 4.10. The second kappa shape index (κ2) is 8.76. The van der Waals surface area contributed by atoms with E-state index in [0.717, 1.165) is 24.8 Å². The van der Waals surface area contributed by atoms with Gasteiger partial charge < -0.3 is 4.74 Å². The molecular weight excluding hydrogens is 248 g/mol. The van der Waals surface area contributed by atoms with Crippen molar-refractivity contribution >= 4 is 23.6 Å². The van der Waals surface area contributed by atoms with Crippen LogP contribution in [0.25, 0.3) is 6.08 Å². The molecule has 0 spiro atoms. The summed E-state index contributed by atoms with van der Waals surface area (Å²) in [5.74, 6) is -0.206. The van der Waals surface area contributed by atoms with Crippen LogP contribution in [0, 0.1) is 0 Å². The Labute approximate surface area is 114 Å². The van der Waals surface area contributed by atoms with E-state index < -0.39 is 0 Å². The first kappa shape index (κ1) is 14.8. The van der Waals surface area contributed by atoms with Crippen LogP contribution in [-0.4, -0.2) is 11.3 Å². The summed E-state index contributed by atoms with van der Waals surface area (Å²) in [7, 11) is 0. The Morgan fingerprint density at radius 1 is 1.39 bits per heavy atom. The average molecular weight is 267 g/mol. The number of carbonyl (C=O) groups excluding carboxylic acids is 1. The lowest BCUT2D eigenvalue weighted by Crippen LogP contribution is -2.02. The molecule has 0 amide bonds. The zero-order valence-electron chi connectivity index (χ0n) is 10.6. The van der Waals surface area contributed by atoms with Gasteiger partial charge in [-0.25, -0.2) is 0 Å². The molecule has 0 bridgehead atoms. The lowest BCUT2D eigenvalue weighted by Gasteiger charge is -2.04. The molecule has 1 atom stereocenters. The summed E-state index contributed by atoms with van der Waals surface area (Å²) in [5, 5.41) is 0.165. The largest absolute Gasteiger partial charge is 0.434 e. The number of alkyl halides is 1. The van der Waals surface area contributed by atoms with Crippen molar-refractivity contribution < 1.29 is 9.53 Å². The van der Waals surface area contributed by atoms with Gasteiger partial charge in [0, 0.05) is 11.8 Å². The molecular formula is C15H19ClO2. The van der Waals surface area contributed by atoms with Crippen molar-refractivity contribution in [2.45, 2.75) is 38.0 Å². The molecule has 0 radical (unpaired) electrons. The Balaban J connectivity index is 2.19. The number of benzene rings is 1. The summed E-state index contributed by atoms with van der Waals surface area (Å²) in [6.45, 7) is 2.04. The fraction of sp³-hybridized carbons (Fsp3) is 0.400. The van der Waals surface area contributed by atoms with E-state index in [4.69, 9.17) is 16.3 Å². The van der Waals surface area contributed by atoms with E-state index in [0.29, 0.717) is 6.42 Å². The first-order valence-electron chi connectivity index (χ1n) is 6.27. The number of hydrogen-bond acceptors (Lipinski definition) is 2. The molecule has 0 N–H and O–H groups in total. The van der Waals surface area contributed by atoms with Gasteiger partial charge in [-0.1, -0.05) is 37.3 Å². The predicted molar refractivity (Wildman–Crippen MR) is 75.4 cm³/mol. The van der Waals surface area contributed by atoms with Gasteiger partial charge in [0.1, 0.15) is 0 Å². The fourth-order valence-electron chi connectivity index (χ4n) is 1.48. The Kier molecular flexibility index (Phi) is 7.19. The summed E-state index contributed by atoms with van der Waals surface area (Å²) >= 11 is 5.97. The minimum Gasteiger partial charge on any atom is -0.434 e. The van der Waals surface area contributed by atoms with E-state index in [9.17, 15) is 4.79 Å². The topological polar surface area (TPSA) is 26.3 Å². The monoisotopic (exact) mass is 266 g/mol. The van der Waals surface area contributed by atoms with Crippen molar-refractivity contribution in [3.8, 4) is 0 Å². The number of esters is 1. The van der Waals surface area contributed by atoms with Gasteiger partial charge in [-0.3, -0.25) is 4.79 Å². The highest BCUT2D eigenvalue weighted by atomic mass is 35.5. The Hall–Kier alpha value is -1.28. The van der Waals surface area contributed by atoms with Crippen molar-refractivity contribution in [3.05, 3.63) is 42.2 Å². The van der Waals surface area contributed by atoms with Gasteiger partial charge in [0.05, 0.1) is 6.26 Å². The van der Waals surface area contributed by atoms with Crippen LogP contribution in [0.2, 0.25) is 0 Å². The summed E-state index contributed by atoms with van der Waals surface area (Å²) in [5.41, 5.74) is 1.01. The maximum absolute atomic E-state index is 11.4. The molecule has 2 nitrogen and oxygen atoms in total. The molecule has 1 aromatic rings. The van der Waals surface area contributed by atoms with Crippen LogP contribution < -0.4 is 0 Å². The summed E-state index contributed by atoms with van der Waals surface area (Å²) < 4.78 is 5.00. The van der Waals surface area contributed by atoms with Crippen LogP contribution in [0.5, 0.6) is 0 Å². The highest BCUT2D eigenvalue weighted by molar-refractivity contribution is 6.20. The first-order valence-corrected chi connectivity index (χ1v) is 6.71. The van der Waals surface area contributed by atoms with E-state index in [-0.39, 0.29) is 11.3 Å². The molecule has 0 aliphatic heterocycles. The Bertz CT molecular complexity index is 373. The van der Waals surface area contributed by atoms with E-state index in [1.807, 2.05) is 37.3 Å². The summed E-state index contributed by atoms with van der Waals surface area (Å²) in [6, 6.07) is 9.71. The van der Waals surface area contributed by atoms with Crippen LogP contribution in [0.3, 0.4) is 0 Å². The molecule has 1 aromatic carbocycles. The Morgan fingerprint density at radius 3 is 2.78 bits per heavy atom. The van der Waals surface area contributed by atoms with Gasteiger partial charge in [-0.2, -0.15) is 0 Å². The third-order valence-electron chi connectivity index (χ3n) is 2.60. The van der Waals surface area contributed by atoms with Gasteiger partial charge >= 0.3 is 5.97 Å². The molecule has 0 heterocycles.